The van der Waals surface area contributed by atoms with Crippen molar-refractivity contribution in [3.8, 4) is 0 Å². The molecule has 0 unspecified atom stereocenters. The second-order valence-corrected chi connectivity index (χ2v) is 7.42. The van der Waals surface area contributed by atoms with Crippen LogP contribution < -0.4 is 10.6 Å². The maximum Gasteiger partial charge on any atom is 0.257 e. The van der Waals surface area contributed by atoms with Crippen molar-refractivity contribution in [1.82, 2.24) is 14.9 Å². The molecule has 0 fully saturated rings. The largest absolute Gasteiger partial charge is 0.358 e. The number of carbonyl (C=O) groups excluding carboxylic acids is 2. The van der Waals surface area contributed by atoms with Crippen LogP contribution in [0.1, 0.15) is 50.7 Å². The van der Waals surface area contributed by atoms with Gasteiger partial charge in [0.2, 0.25) is 10.7 Å². The molecule has 1 aromatic heterocycles. The molecule has 1 aliphatic heterocycles. The molecule has 1 amide bonds. The Hall–Kier alpha value is -2.28. The van der Waals surface area contributed by atoms with Gasteiger partial charge < -0.3 is 10.6 Å². The van der Waals surface area contributed by atoms with Crippen LogP contribution in [0, 0.1) is 10.7 Å². The fourth-order valence-electron chi connectivity index (χ4n) is 3.47. The number of para-hydroxylation sites is 1. The Balaban J connectivity index is 1.68. The van der Waals surface area contributed by atoms with Gasteiger partial charge in [-0.1, -0.05) is 45.2 Å². The molecular weight excluding hydrogens is 360 g/mol. The van der Waals surface area contributed by atoms with Gasteiger partial charge in [-0.15, -0.1) is 0 Å². The lowest BCUT2D eigenvalue weighted by Gasteiger charge is -2.16. The molecule has 27 heavy (non-hydrogen) atoms. The van der Waals surface area contributed by atoms with E-state index in [1.54, 1.807) is 0 Å². The van der Waals surface area contributed by atoms with Crippen LogP contribution in [0.5, 0.6) is 0 Å². The summed E-state index contributed by atoms with van der Waals surface area (Å²) in [4.78, 5) is 29.5. The molecule has 0 saturated carbocycles. The first kappa shape index (κ1) is 19.5. The maximum atomic E-state index is 12.7. The number of aromatic nitrogens is 2. The van der Waals surface area contributed by atoms with Gasteiger partial charge >= 0.3 is 0 Å². The summed E-state index contributed by atoms with van der Waals surface area (Å²) in [5, 5.41) is 6.99. The molecule has 0 aliphatic carbocycles. The van der Waals surface area contributed by atoms with Crippen molar-refractivity contribution < 1.29 is 9.59 Å². The summed E-state index contributed by atoms with van der Waals surface area (Å²) < 4.78 is 1.63. The number of hydrogen-bond donors (Lipinski definition) is 2. The number of anilines is 1. The van der Waals surface area contributed by atoms with E-state index in [1.807, 2.05) is 24.3 Å². The van der Waals surface area contributed by atoms with E-state index < -0.39 is 6.04 Å². The Morgan fingerprint density at radius 2 is 2.15 bits per heavy atom. The number of amides is 1. The summed E-state index contributed by atoms with van der Waals surface area (Å²) in [6.07, 6.45) is 4.58. The van der Waals surface area contributed by atoms with E-state index in [0.29, 0.717) is 18.3 Å². The number of benzene rings is 1. The predicted octanol–water partition coefficient (Wildman–Crippen LogP) is 3.92. The zero-order chi connectivity index (χ0) is 19.4. The summed E-state index contributed by atoms with van der Waals surface area (Å²) in [6, 6.07) is 6.91. The number of hydrogen-bond acceptors (Lipinski definition) is 5. The Kier molecular flexibility index (Phi) is 6.21. The number of fused-ring (bicyclic) bond motifs is 3. The zero-order valence-electron chi connectivity index (χ0n) is 15.8. The SMILES string of the molecule is CCCC[C@H](CC)CNC(=O)C[C@@H]1Nc2c3ccccc3nc(=S)n2C1=O. The van der Waals surface area contributed by atoms with Crippen molar-refractivity contribution >= 4 is 40.8 Å². The second kappa shape index (κ2) is 8.61. The number of unbranched alkanes of at least 4 members (excludes halogenated alkanes) is 1. The highest BCUT2D eigenvalue weighted by Crippen LogP contribution is 2.28. The average molecular weight is 387 g/mol. The summed E-state index contributed by atoms with van der Waals surface area (Å²) in [7, 11) is 0. The second-order valence-electron chi connectivity index (χ2n) is 7.06. The predicted molar refractivity (Wildman–Crippen MR) is 110 cm³/mol. The lowest BCUT2D eigenvalue weighted by Crippen LogP contribution is -2.35. The van der Waals surface area contributed by atoms with E-state index in [4.69, 9.17) is 12.2 Å². The fourth-order valence-corrected chi connectivity index (χ4v) is 3.75. The summed E-state index contributed by atoms with van der Waals surface area (Å²) in [5.74, 6) is 0.775. The van der Waals surface area contributed by atoms with E-state index in [-0.39, 0.29) is 23.0 Å². The molecule has 3 rings (SSSR count). The Labute approximate surface area is 164 Å². The van der Waals surface area contributed by atoms with Crippen molar-refractivity contribution in [3.05, 3.63) is 29.0 Å². The maximum absolute atomic E-state index is 12.7. The van der Waals surface area contributed by atoms with E-state index in [9.17, 15) is 9.59 Å². The van der Waals surface area contributed by atoms with Crippen LogP contribution in [0.4, 0.5) is 5.82 Å². The van der Waals surface area contributed by atoms with Gasteiger partial charge in [0.05, 0.1) is 11.9 Å². The van der Waals surface area contributed by atoms with Crippen LogP contribution in [-0.2, 0) is 4.79 Å². The Morgan fingerprint density at radius 3 is 2.89 bits per heavy atom. The molecule has 144 valence electrons. The monoisotopic (exact) mass is 386 g/mol. The molecule has 0 radical (unpaired) electrons. The van der Waals surface area contributed by atoms with Gasteiger partial charge in [-0.05, 0) is 36.7 Å². The van der Waals surface area contributed by atoms with Crippen LogP contribution in [0.25, 0.3) is 10.9 Å². The minimum atomic E-state index is -0.616. The molecule has 2 atom stereocenters. The molecule has 0 bridgehead atoms. The summed E-state index contributed by atoms with van der Waals surface area (Å²) >= 11 is 5.28. The highest BCUT2D eigenvalue weighted by Gasteiger charge is 2.33. The molecule has 2 heterocycles. The topological polar surface area (TPSA) is 76.0 Å². The van der Waals surface area contributed by atoms with Crippen molar-refractivity contribution in [3.63, 3.8) is 0 Å². The fraction of sp³-hybridized carbons (Fsp3) is 0.500. The number of nitrogens with one attached hydrogen (secondary N) is 2. The van der Waals surface area contributed by atoms with Gasteiger partial charge in [0.1, 0.15) is 11.9 Å². The van der Waals surface area contributed by atoms with Gasteiger partial charge in [-0.2, -0.15) is 0 Å². The molecule has 2 N–H and O–H groups in total. The number of carbonyl (C=O) groups is 2. The normalized spacial score (nSPS) is 16.8. The quantitative estimate of drug-likeness (QED) is 0.673. The van der Waals surface area contributed by atoms with Gasteiger partial charge in [0, 0.05) is 11.9 Å². The van der Waals surface area contributed by atoms with Gasteiger partial charge in [-0.3, -0.25) is 9.59 Å². The summed E-state index contributed by atoms with van der Waals surface area (Å²) in [6.45, 7) is 4.97. The van der Waals surface area contributed by atoms with E-state index in [1.165, 1.54) is 11.0 Å². The standard InChI is InChI=1S/C20H26N4O2S/c1-3-5-8-13(4-2)12-21-17(25)11-16-19(26)24-18(22-16)14-9-6-7-10-15(14)23-20(24)27/h6-7,9-10,13,16,22H,3-5,8,11-12H2,1-2H3,(H,21,25)/t13-,16-/m0/s1. The van der Waals surface area contributed by atoms with E-state index >= 15 is 0 Å². The minimum absolute atomic E-state index is 0.0911. The third kappa shape index (κ3) is 4.18. The average Bonchev–Trinajstić information content (AvgIpc) is 2.99. The van der Waals surface area contributed by atoms with Gasteiger partial charge in [0.25, 0.3) is 5.91 Å². The molecular formula is C20H26N4O2S. The first-order valence-corrected chi connectivity index (χ1v) is 10.0. The van der Waals surface area contributed by atoms with E-state index in [0.717, 1.165) is 30.2 Å². The third-order valence-electron chi connectivity index (χ3n) is 5.14. The van der Waals surface area contributed by atoms with Crippen molar-refractivity contribution in [1.29, 1.82) is 0 Å². The van der Waals surface area contributed by atoms with Crippen molar-refractivity contribution in [2.75, 3.05) is 11.9 Å². The zero-order valence-corrected chi connectivity index (χ0v) is 16.6. The van der Waals surface area contributed by atoms with Crippen LogP contribution >= 0.6 is 12.2 Å². The molecule has 1 aliphatic rings. The minimum Gasteiger partial charge on any atom is -0.358 e. The van der Waals surface area contributed by atoms with Crippen LogP contribution in [0.3, 0.4) is 0 Å². The lowest BCUT2D eigenvalue weighted by atomic mass is 9.99. The summed E-state index contributed by atoms with van der Waals surface area (Å²) in [5.41, 5.74) is 0.737. The first-order valence-electron chi connectivity index (χ1n) is 9.64. The number of rotatable bonds is 8. The molecule has 0 spiro atoms. The molecule has 6 nitrogen and oxygen atoms in total. The highest BCUT2D eigenvalue weighted by molar-refractivity contribution is 7.71. The molecule has 1 aromatic carbocycles. The number of nitrogens with zero attached hydrogens (tertiary/aromatic N) is 2. The van der Waals surface area contributed by atoms with Crippen LogP contribution in [-0.4, -0.2) is 34.0 Å². The Morgan fingerprint density at radius 1 is 1.37 bits per heavy atom. The smallest absolute Gasteiger partial charge is 0.257 e. The molecule has 7 heteroatoms. The first-order chi connectivity index (χ1) is 13.0. The van der Waals surface area contributed by atoms with Crippen LogP contribution in [0.15, 0.2) is 24.3 Å². The Bertz CT molecular complexity index is 908. The molecule has 0 saturated heterocycles. The lowest BCUT2D eigenvalue weighted by molar-refractivity contribution is -0.121. The molecule has 2 aromatic rings. The van der Waals surface area contributed by atoms with Crippen molar-refractivity contribution in [2.24, 2.45) is 5.92 Å². The van der Waals surface area contributed by atoms with E-state index in [2.05, 4.69) is 29.5 Å². The van der Waals surface area contributed by atoms with Gasteiger partial charge in [0.15, 0.2) is 0 Å². The van der Waals surface area contributed by atoms with Gasteiger partial charge in [-0.25, -0.2) is 9.55 Å². The van der Waals surface area contributed by atoms with Crippen LogP contribution in [0.2, 0.25) is 0 Å². The van der Waals surface area contributed by atoms with Crippen molar-refractivity contribution in [2.45, 2.75) is 52.0 Å². The highest BCUT2D eigenvalue weighted by atomic mass is 32.1. The third-order valence-corrected chi connectivity index (χ3v) is 5.41.